The minimum Gasteiger partial charge on any atom is -0.496 e. The molecule has 4 rings (SSSR count). The van der Waals surface area contributed by atoms with E-state index in [1.165, 1.54) is 7.11 Å². The van der Waals surface area contributed by atoms with Crippen LogP contribution in [0.25, 0.3) is 10.9 Å². The molecule has 0 fully saturated rings. The lowest BCUT2D eigenvalue weighted by atomic mass is 10.0. The van der Waals surface area contributed by atoms with Crippen LogP contribution in [0.1, 0.15) is 36.2 Å². The number of hydrogen-bond acceptors (Lipinski definition) is 6. The van der Waals surface area contributed by atoms with Crippen molar-refractivity contribution >= 4 is 39.9 Å². The summed E-state index contributed by atoms with van der Waals surface area (Å²) in [6, 6.07) is 10.1. The summed E-state index contributed by atoms with van der Waals surface area (Å²) < 4.78 is 11.3. The van der Waals surface area contributed by atoms with Crippen molar-refractivity contribution in [2.45, 2.75) is 26.7 Å². The molecule has 0 aliphatic carbocycles. The van der Waals surface area contributed by atoms with Crippen LogP contribution in [0.5, 0.6) is 17.2 Å². The molecule has 2 N–H and O–H groups in total. The molecule has 0 saturated heterocycles. The van der Waals surface area contributed by atoms with E-state index >= 15 is 0 Å². The van der Waals surface area contributed by atoms with Crippen LogP contribution in [0.2, 0.25) is 5.02 Å². The first kappa shape index (κ1) is 24.4. The van der Waals surface area contributed by atoms with E-state index in [0.29, 0.717) is 52.1 Å². The van der Waals surface area contributed by atoms with Crippen LogP contribution in [0, 0.1) is 5.92 Å². The molecule has 0 atom stereocenters. The Morgan fingerprint density at radius 1 is 1.11 bits per heavy atom. The molecule has 2 heterocycles. The van der Waals surface area contributed by atoms with E-state index in [-0.39, 0.29) is 17.8 Å². The number of hydrogen-bond donors (Lipinski definition) is 1. The summed E-state index contributed by atoms with van der Waals surface area (Å²) in [5.74, 6) is 1.13. The minimum atomic E-state index is -0.615. The molecule has 0 unspecified atom stereocenters. The Bertz CT molecular complexity index is 1380. The second-order valence-corrected chi connectivity index (χ2v) is 9.10. The highest BCUT2D eigenvalue weighted by Crippen LogP contribution is 2.34. The van der Waals surface area contributed by atoms with E-state index in [9.17, 15) is 9.59 Å². The topological polar surface area (TPSA) is 104 Å². The quantitative estimate of drug-likeness (QED) is 0.436. The number of ketones is 1. The average molecular weight is 492 g/mol. The number of ether oxygens (including phenoxy) is 2. The average Bonchev–Trinajstić information content (AvgIpc) is 3.29. The molecule has 35 heavy (non-hydrogen) atoms. The summed E-state index contributed by atoms with van der Waals surface area (Å²) in [6.07, 6.45) is 4.22. The zero-order valence-corrected chi connectivity index (χ0v) is 20.6. The number of Topliss-reactive ketones (excluding diaryl/α,β-unsaturated/α-hetero) is 1. The molecule has 0 radical (unpaired) electrons. The molecular weight excluding hydrogens is 466 g/mol. The van der Waals surface area contributed by atoms with E-state index < -0.39 is 5.91 Å². The number of primary amides is 1. The first-order valence-electron chi connectivity index (χ1n) is 11.2. The number of methoxy groups -OCH3 is 1. The van der Waals surface area contributed by atoms with Crippen molar-refractivity contribution in [1.82, 2.24) is 4.98 Å². The number of aromatic nitrogens is 1. The van der Waals surface area contributed by atoms with E-state index in [1.807, 2.05) is 6.08 Å². The lowest BCUT2D eigenvalue weighted by Gasteiger charge is -2.13. The third-order valence-corrected chi connectivity index (χ3v) is 6.11. The maximum atomic E-state index is 12.6. The Kier molecular flexibility index (Phi) is 7.17. The lowest BCUT2D eigenvalue weighted by molar-refractivity contribution is -0.117. The number of aliphatic imine (C=N–C) groups is 1. The number of rotatable bonds is 9. The Morgan fingerprint density at radius 2 is 1.91 bits per heavy atom. The molecule has 8 heteroatoms. The number of amides is 1. The van der Waals surface area contributed by atoms with Crippen molar-refractivity contribution < 1.29 is 19.1 Å². The van der Waals surface area contributed by atoms with Crippen LogP contribution in [-0.2, 0) is 11.2 Å². The number of pyridine rings is 1. The Morgan fingerprint density at radius 3 is 2.57 bits per heavy atom. The maximum absolute atomic E-state index is 12.6. The summed E-state index contributed by atoms with van der Waals surface area (Å²) >= 11 is 6.49. The first-order chi connectivity index (χ1) is 16.7. The molecular formula is C27H26ClN3O4. The number of nitrogens with zero attached hydrogens (tertiary/aromatic N) is 2. The van der Waals surface area contributed by atoms with Gasteiger partial charge in [-0.1, -0.05) is 31.5 Å². The van der Waals surface area contributed by atoms with Crippen LogP contribution in [-0.4, -0.2) is 36.0 Å². The third kappa shape index (κ3) is 5.52. The smallest absolute Gasteiger partial charge is 0.252 e. The van der Waals surface area contributed by atoms with Crippen molar-refractivity contribution in [2.75, 3.05) is 13.7 Å². The van der Waals surface area contributed by atoms with Crippen LogP contribution in [0.4, 0.5) is 0 Å². The SMILES string of the molecule is COc1cc2nccc(Oc3ccc(CC(=O)CC4=CC(C(C)C)=NC4)c(Cl)c3)c2cc1C(N)=O. The summed E-state index contributed by atoms with van der Waals surface area (Å²) in [7, 11) is 1.46. The van der Waals surface area contributed by atoms with Gasteiger partial charge in [-0.3, -0.25) is 19.6 Å². The summed E-state index contributed by atoms with van der Waals surface area (Å²) in [5.41, 5.74) is 9.11. The van der Waals surface area contributed by atoms with E-state index in [4.69, 9.17) is 26.8 Å². The van der Waals surface area contributed by atoms with Crippen LogP contribution < -0.4 is 15.2 Å². The molecule has 0 saturated carbocycles. The zero-order valence-electron chi connectivity index (χ0n) is 19.8. The van der Waals surface area contributed by atoms with Crippen LogP contribution in [0.3, 0.4) is 0 Å². The van der Waals surface area contributed by atoms with Gasteiger partial charge in [0.15, 0.2) is 0 Å². The molecule has 7 nitrogen and oxygen atoms in total. The lowest BCUT2D eigenvalue weighted by Crippen LogP contribution is -2.12. The van der Waals surface area contributed by atoms with Gasteiger partial charge in [-0.15, -0.1) is 0 Å². The van der Waals surface area contributed by atoms with Crippen molar-refractivity contribution in [3.05, 3.63) is 70.4 Å². The van der Waals surface area contributed by atoms with E-state index in [0.717, 1.165) is 16.8 Å². The number of allylic oxidation sites excluding steroid dienone is 1. The normalized spacial score (nSPS) is 13.1. The van der Waals surface area contributed by atoms with Gasteiger partial charge in [0.2, 0.25) is 0 Å². The van der Waals surface area contributed by atoms with Gasteiger partial charge in [-0.2, -0.15) is 0 Å². The third-order valence-electron chi connectivity index (χ3n) is 5.76. The maximum Gasteiger partial charge on any atom is 0.252 e. The highest BCUT2D eigenvalue weighted by molar-refractivity contribution is 6.31. The highest BCUT2D eigenvalue weighted by atomic mass is 35.5. The fourth-order valence-corrected chi connectivity index (χ4v) is 4.18. The number of fused-ring (bicyclic) bond motifs is 1. The Balaban J connectivity index is 1.50. The first-order valence-corrected chi connectivity index (χ1v) is 11.6. The van der Waals surface area contributed by atoms with Crippen molar-refractivity contribution in [3.63, 3.8) is 0 Å². The second-order valence-electron chi connectivity index (χ2n) is 8.69. The van der Waals surface area contributed by atoms with Crippen molar-refractivity contribution in [3.8, 4) is 17.2 Å². The van der Waals surface area contributed by atoms with E-state index in [1.54, 1.807) is 42.6 Å². The number of nitrogens with two attached hydrogens (primary N) is 1. The number of carbonyl (C=O) groups excluding carboxylic acids is 2. The molecule has 3 aromatic rings. The standard InChI is InChI=1S/C27H26ClN3O4/c1-15(2)23-9-16(14-31-23)8-18(32)10-17-4-5-19(11-22(17)28)35-25-6-7-30-24-13-26(34-3)21(27(29)33)12-20(24)25/h4-7,9,11-13,15H,8,10,14H2,1-3H3,(H2,29,33). The largest absolute Gasteiger partial charge is 0.496 e. The van der Waals surface area contributed by atoms with Crippen LogP contribution in [0.15, 0.2) is 59.2 Å². The van der Waals surface area contributed by atoms with Gasteiger partial charge in [0, 0.05) is 41.2 Å². The molecule has 1 aromatic heterocycles. The predicted molar refractivity (Wildman–Crippen MR) is 137 cm³/mol. The zero-order chi connectivity index (χ0) is 25.1. The Labute approximate surface area is 208 Å². The van der Waals surface area contributed by atoms with Gasteiger partial charge in [0.05, 0.1) is 24.7 Å². The Hall–Kier alpha value is -3.71. The summed E-state index contributed by atoms with van der Waals surface area (Å²) in [6.45, 7) is 4.76. The van der Waals surface area contributed by atoms with Crippen molar-refractivity contribution in [1.29, 1.82) is 0 Å². The van der Waals surface area contributed by atoms with Gasteiger partial charge in [-0.05, 0) is 47.4 Å². The molecule has 2 aromatic carbocycles. The van der Waals surface area contributed by atoms with Gasteiger partial charge < -0.3 is 15.2 Å². The molecule has 1 aliphatic heterocycles. The van der Waals surface area contributed by atoms with Gasteiger partial charge >= 0.3 is 0 Å². The summed E-state index contributed by atoms with van der Waals surface area (Å²) in [5, 5.41) is 1.04. The number of benzene rings is 2. The van der Waals surface area contributed by atoms with Gasteiger partial charge in [0.25, 0.3) is 5.91 Å². The van der Waals surface area contributed by atoms with Gasteiger partial charge in [-0.25, -0.2) is 0 Å². The fraction of sp³-hybridized carbons (Fsp3) is 0.259. The molecule has 1 aliphatic rings. The molecule has 180 valence electrons. The van der Waals surface area contributed by atoms with Crippen LogP contribution >= 0.6 is 11.6 Å². The van der Waals surface area contributed by atoms with Gasteiger partial charge in [0.1, 0.15) is 23.0 Å². The summed E-state index contributed by atoms with van der Waals surface area (Å²) in [4.78, 5) is 33.3. The molecule has 0 bridgehead atoms. The minimum absolute atomic E-state index is 0.0834. The monoisotopic (exact) mass is 491 g/mol. The highest BCUT2D eigenvalue weighted by Gasteiger charge is 2.17. The molecule has 0 spiro atoms. The number of carbonyl (C=O) groups is 2. The fourth-order valence-electron chi connectivity index (χ4n) is 3.94. The predicted octanol–water partition coefficient (Wildman–Crippen LogP) is 5.33. The number of halogens is 1. The van der Waals surface area contributed by atoms with Crippen molar-refractivity contribution in [2.24, 2.45) is 16.6 Å². The van der Waals surface area contributed by atoms with E-state index in [2.05, 4.69) is 23.8 Å². The molecule has 1 amide bonds. The second kappa shape index (κ2) is 10.3.